The van der Waals surface area contributed by atoms with Gasteiger partial charge in [0.1, 0.15) is 17.9 Å². The monoisotopic (exact) mass is 432 g/mol. The third kappa shape index (κ3) is 3.94. The van der Waals surface area contributed by atoms with Crippen molar-refractivity contribution in [2.24, 2.45) is 7.05 Å². The van der Waals surface area contributed by atoms with Gasteiger partial charge in [-0.2, -0.15) is 10.2 Å². The number of fused-ring (bicyclic) bond motifs is 2. The average molecular weight is 432 g/mol. The zero-order valence-corrected chi connectivity index (χ0v) is 17.9. The van der Waals surface area contributed by atoms with Gasteiger partial charge < -0.3 is 15.2 Å². The molecule has 0 saturated carbocycles. The van der Waals surface area contributed by atoms with Crippen LogP contribution in [0, 0.1) is 0 Å². The van der Waals surface area contributed by atoms with E-state index in [0.29, 0.717) is 42.1 Å². The Balaban J connectivity index is 1.47. The lowest BCUT2D eigenvalue weighted by Crippen LogP contribution is -2.32. The van der Waals surface area contributed by atoms with Crippen molar-refractivity contribution in [1.82, 2.24) is 24.4 Å². The van der Waals surface area contributed by atoms with Crippen LogP contribution in [0.4, 0.5) is 5.69 Å². The number of benzene rings is 1. The molecule has 5 rings (SSSR count). The number of ether oxygens (including phenoxy) is 1. The van der Waals surface area contributed by atoms with E-state index in [1.165, 1.54) is 6.20 Å². The van der Waals surface area contributed by atoms with Crippen LogP contribution in [-0.2, 0) is 26.5 Å². The van der Waals surface area contributed by atoms with Gasteiger partial charge in [-0.15, -0.1) is 0 Å². The van der Waals surface area contributed by atoms with Crippen LogP contribution >= 0.6 is 0 Å². The highest BCUT2D eigenvalue weighted by molar-refractivity contribution is 6.08. The fourth-order valence-corrected chi connectivity index (χ4v) is 4.07. The molecule has 0 aliphatic heterocycles. The number of aryl methyl sites for hydroxylation is 2. The van der Waals surface area contributed by atoms with Gasteiger partial charge in [0, 0.05) is 37.6 Å². The number of amides is 1. The number of nitrogens with one attached hydrogen (secondary N) is 1. The summed E-state index contributed by atoms with van der Waals surface area (Å²) in [6, 6.07) is 5.62. The van der Waals surface area contributed by atoms with E-state index in [9.17, 15) is 9.90 Å². The maximum atomic E-state index is 13.1. The Hall–Kier alpha value is -3.72. The zero-order valence-electron chi connectivity index (χ0n) is 17.9. The van der Waals surface area contributed by atoms with Gasteiger partial charge >= 0.3 is 0 Å². The Morgan fingerprint density at radius 3 is 2.97 bits per heavy atom. The molecule has 1 aromatic carbocycles. The minimum Gasteiger partial charge on any atom is -0.487 e. The zero-order chi connectivity index (χ0) is 22.3. The largest absolute Gasteiger partial charge is 0.487 e. The first-order valence-corrected chi connectivity index (χ1v) is 10.5. The Bertz CT molecular complexity index is 1310. The van der Waals surface area contributed by atoms with E-state index < -0.39 is 5.60 Å². The molecule has 0 radical (unpaired) electrons. The highest BCUT2D eigenvalue weighted by Crippen LogP contribution is 2.36. The number of aliphatic hydroxyl groups is 1. The van der Waals surface area contributed by atoms with Crippen LogP contribution in [-0.4, -0.2) is 41.0 Å². The minimum absolute atomic E-state index is 0.325. The SMILES string of the molecule is Cn1cc(COc2cc3c(cc2NC(=O)c2cnn4cccnc24)C[C@@](C)(O)CC3)cn1. The number of rotatable bonds is 5. The third-order valence-corrected chi connectivity index (χ3v) is 5.73. The van der Waals surface area contributed by atoms with Crippen LogP contribution in [0.15, 0.2) is 49.2 Å². The topological polar surface area (TPSA) is 107 Å². The number of carbonyl (C=O) groups is 1. The highest BCUT2D eigenvalue weighted by atomic mass is 16.5. The van der Waals surface area contributed by atoms with E-state index in [1.54, 1.807) is 33.9 Å². The van der Waals surface area contributed by atoms with Crippen molar-refractivity contribution in [3.8, 4) is 5.75 Å². The van der Waals surface area contributed by atoms with Crippen LogP contribution in [0.3, 0.4) is 0 Å². The van der Waals surface area contributed by atoms with Crippen molar-refractivity contribution in [2.45, 2.75) is 38.4 Å². The molecule has 3 heterocycles. The third-order valence-electron chi connectivity index (χ3n) is 5.73. The summed E-state index contributed by atoms with van der Waals surface area (Å²) >= 11 is 0. The van der Waals surface area contributed by atoms with E-state index >= 15 is 0 Å². The molecule has 0 spiro atoms. The summed E-state index contributed by atoms with van der Waals surface area (Å²) in [5.74, 6) is 0.249. The van der Waals surface area contributed by atoms with Crippen molar-refractivity contribution >= 4 is 17.2 Å². The summed E-state index contributed by atoms with van der Waals surface area (Å²) in [6.45, 7) is 2.16. The van der Waals surface area contributed by atoms with Crippen molar-refractivity contribution in [3.05, 3.63) is 71.4 Å². The lowest BCUT2D eigenvalue weighted by atomic mass is 9.81. The Morgan fingerprint density at radius 1 is 1.28 bits per heavy atom. The Labute approximate surface area is 184 Å². The molecule has 4 aromatic rings. The smallest absolute Gasteiger partial charge is 0.261 e. The molecule has 0 unspecified atom stereocenters. The normalized spacial score (nSPS) is 17.8. The molecule has 9 nitrogen and oxygen atoms in total. The standard InChI is InChI=1S/C23H24N6O3/c1-23(31)5-4-16-9-20(32-14-15-11-25-28(2)13-15)19(8-17(16)10-23)27-22(30)18-12-26-29-7-3-6-24-21(18)29/h3,6-9,11-13,31H,4-5,10,14H2,1-2H3,(H,27,30)/t23-/m0/s1. The molecular formula is C23H24N6O3. The molecule has 164 valence electrons. The molecule has 1 atom stereocenters. The molecule has 9 heteroatoms. The van der Waals surface area contributed by atoms with Gasteiger partial charge in [-0.1, -0.05) is 0 Å². The summed E-state index contributed by atoms with van der Waals surface area (Å²) in [7, 11) is 1.85. The highest BCUT2D eigenvalue weighted by Gasteiger charge is 2.29. The van der Waals surface area contributed by atoms with Gasteiger partial charge in [0.05, 0.1) is 23.7 Å². The summed E-state index contributed by atoms with van der Waals surface area (Å²) in [6.07, 6.45) is 10.4. The van der Waals surface area contributed by atoms with Gasteiger partial charge in [-0.05, 0) is 49.1 Å². The average Bonchev–Trinajstić information content (AvgIpc) is 3.37. The molecule has 32 heavy (non-hydrogen) atoms. The summed E-state index contributed by atoms with van der Waals surface area (Å²) in [5, 5.41) is 21.9. The fourth-order valence-electron chi connectivity index (χ4n) is 4.07. The van der Waals surface area contributed by atoms with E-state index in [4.69, 9.17) is 4.74 Å². The van der Waals surface area contributed by atoms with Crippen molar-refractivity contribution < 1.29 is 14.6 Å². The summed E-state index contributed by atoms with van der Waals surface area (Å²) in [4.78, 5) is 17.4. The maximum Gasteiger partial charge on any atom is 0.261 e. The number of carbonyl (C=O) groups excluding carboxylic acids is 1. The molecular weight excluding hydrogens is 408 g/mol. The Morgan fingerprint density at radius 2 is 2.16 bits per heavy atom. The molecule has 0 fully saturated rings. The predicted octanol–water partition coefficient (Wildman–Crippen LogP) is 2.53. The minimum atomic E-state index is -0.765. The second-order valence-corrected chi connectivity index (χ2v) is 8.50. The van der Waals surface area contributed by atoms with Gasteiger partial charge in [0.25, 0.3) is 5.91 Å². The summed E-state index contributed by atoms with van der Waals surface area (Å²) < 4.78 is 9.36. The van der Waals surface area contributed by atoms with Crippen LogP contribution in [0.25, 0.3) is 5.65 Å². The number of hydrogen-bond donors (Lipinski definition) is 2. The lowest BCUT2D eigenvalue weighted by Gasteiger charge is -2.30. The second-order valence-electron chi connectivity index (χ2n) is 8.50. The fraction of sp³-hybridized carbons (Fsp3) is 0.304. The molecule has 1 aliphatic carbocycles. The van der Waals surface area contributed by atoms with Crippen molar-refractivity contribution in [2.75, 3.05) is 5.32 Å². The first kappa shape index (κ1) is 20.2. The molecule has 1 aliphatic rings. The Kier molecular flexibility index (Phi) is 4.90. The van der Waals surface area contributed by atoms with Crippen molar-refractivity contribution in [1.29, 1.82) is 0 Å². The number of aromatic nitrogens is 5. The molecule has 2 N–H and O–H groups in total. The van der Waals surface area contributed by atoms with E-state index in [-0.39, 0.29) is 5.91 Å². The van der Waals surface area contributed by atoms with Gasteiger partial charge in [0.15, 0.2) is 5.65 Å². The molecule has 0 saturated heterocycles. The van der Waals surface area contributed by atoms with Crippen LogP contribution in [0.1, 0.15) is 40.4 Å². The maximum absolute atomic E-state index is 13.1. The van der Waals surface area contributed by atoms with Gasteiger partial charge in [-0.25, -0.2) is 9.50 Å². The number of hydrogen-bond acceptors (Lipinski definition) is 6. The van der Waals surface area contributed by atoms with Crippen molar-refractivity contribution in [3.63, 3.8) is 0 Å². The van der Waals surface area contributed by atoms with E-state index in [2.05, 4.69) is 20.5 Å². The number of anilines is 1. The first-order valence-electron chi connectivity index (χ1n) is 10.5. The molecule has 1 amide bonds. The summed E-state index contributed by atoms with van der Waals surface area (Å²) in [5.41, 5.74) is 3.68. The van der Waals surface area contributed by atoms with Gasteiger partial charge in [0.2, 0.25) is 0 Å². The van der Waals surface area contributed by atoms with E-state index in [1.807, 2.05) is 32.3 Å². The second kappa shape index (κ2) is 7.76. The van der Waals surface area contributed by atoms with Crippen LogP contribution < -0.4 is 10.1 Å². The quantitative estimate of drug-likeness (QED) is 0.502. The van der Waals surface area contributed by atoms with Crippen LogP contribution in [0.2, 0.25) is 0 Å². The first-order chi connectivity index (χ1) is 15.4. The van der Waals surface area contributed by atoms with Crippen LogP contribution in [0.5, 0.6) is 5.75 Å². The molecule has 0 bridgehead atoms. The predicted molar refractivity (Wildman–Crippen MR) is 118 cm³/mol. The van der Waals surface area contributed by atoms with Gasteiger partial charge in [-0.3, -0.25) is 9.48 Å². The molecule has 3 aromatic heterocycles. The lowest BCUT2D eigenvalue weighted by molar-refractivity contribution is 0.0458. The van der Waals surface area contributed by atoms with E-state index in [0.717, 1.165) is 23.1 Å². The number of nitrogens with zero attached hydrogens (tertiary/aromatic N) is 5.